The highest BCUT2D eigenvalue weighted by atomic mass is 32.1. The molecule has 9 fully saturated rings. The van der Waals surface area contributed by atoms with Crippen LogP contribution in [0.15, 0.2) is 35.8 Å². The Morgan fingerprint density at radius 1 is 0.923 bits per heavy atom. The average molecular weight is 1090 g/mol. The SMILES string of the molecule is CO[C@@H](C)c1ncc(N2CCN(C3CC3)CC2)cc1-c1c2c3cc(ccc3n1CCOC1CCOCC1)-c1csc(n1)[C@@H](N1CCOCC1)[C@H](NC(=O)N1C[C@@H]3COCC[C@@H]31)C(=O)N1N[C@H](C(=O)OCC(C)(C)C2)C2CC1C2. The maximum absolute atomic E-state index is 15.5. The van der Waals surface area contributed by atoms with Gasteiger partial charge in [-0.15, -0.1) is 11.3 Å². The van der Waals surface area contributed by atoms with Gasteiger partial charge in [0.2, 0.25) is 0 Å². The van der Waals surface area contributed by atoms with E-state index >= 15 is 4.79 Å². The Labute approximate surface area is 461 Å². The number of piperazine rings is 1. The Morgan fingerprint density at radius 3 is 2.47 bits per heavy atom. The van der Waals surface area contributed by atoms with E-state index in [4.69, 9.17) is 38.4 Å². The summed E-state index contributed by atoms with van der Waals surface area (Å²) in [6.45, 7) is 16.8. The number of ether oxygens (including phenoxy) is 6. The molecule has 0 radical (unpaired) electrons. The summed E-state index contributed by atoms with van der Waals surface area (Å²) < 4.78 is 39.1. The third-order valence-corrected chi connectivity index (χ3v) is 19.5. The standard InChI is InChI=1S/C58H78N10O9S/c1-35(72-4)49-44(28-41(30-59-49)64-14-12-63(13-15-64)39-6-7-39)52-45-29-58(2,3)34-77-56(70)50-37-25-40(26-37)68(62-50)55(69)51(61-57(71)67-31-38-32-75-21-11-47(38)67)53(65-16-22-74-23-17-65)54-60-46(33-78-54)36-5-8-48(43(45)27-36)66(52)18-24-76-42-9-19-73-20-10-42/h5,8,27-28,30,33,35,37-40,42,47,50-51,53,62H,6-7,9-26,29,31-32,34H2,1-4H3,(H,61,71)/t35-,37?,38+,40?,47-,50-,51-,53-/m0/s1. The number of rotatable bonds is 11. The molecule has 1 aromatic carbocycles. The number of urea groups is 1. The number of pyridine rings is 1. The van der Waals surface area contributed by atoms with Gasteiger partial charge in [-0.25, -0.2) is 15.2 Å². The molecule has 2 N–H and O–H groups in total. The highest BCUT2D eigenvalue weighted by Gasteiger charge is 2.54. The molecule has 8 aliphatic heterocycles. The summed E-state index contributed by atoms with van der Waals surface area (Å²) in [5.74, 6) is -0.372. The molecular weight excluding hydrogens is 1010 g/mol. The molecule has 2 saturated carbocycles. The number of amides is 3. The number of thiazole rings is 1. The second kappa shape index (κ2) is 21.9. The topological polar surface area (TPSA) is 178 Å². The summed E-state index contributed by atoms with van der Waals surface area (Å²) in [5.41, 5.74) is 10.8. The Morgan fingerprint density at radius 2 is 1.71 bits per heavy atom. The number of likely N-dealkylation sites (tertiary alicyclic amines) is 1. The Kier molecular flexibility index (Phi) is 14.8. The van der Waals surface area contributed by atoms with Gasteiger partial charge in [0.1, 0.15) is 17.1 Å². The number of nitrogens with one attached hydrogen (secondary N) is 2. The van der Waals surface area contributed by atoms with E-state index in [1.54, 1.807) is 12.1 Å². The lowest BCUT2D eigenvalue weighted by Crippen LogP contribution is -2.73. The Hall–Kier alpha value is -4.77. The number of anilines is 1. The molecule has 0 spiro atoms. The smallest absolute Gasteiger partial charge is 0.325 e. The number of hydrazine groups is 1. The maximum atomic E-state index is 15.5. The second-order valence-electron chi connectivity index (χ2n) is 24.2. The first-order chi connectivity index (χ1) is 38.0. The van der Waals surface area contributed by atoms with Gasteiger partial charge >= 0.3 is 12.0 Å². The summed E-state index contributed by atoms with van der Waals surface area (Å²) in [7, 11) is 1.75. The Balaban J connectivity index is 0.948. The van der Waals surface area contributed by atoms with Crippen LogP contribution in [0.3, 0.4) is 0 Å². The predicted molar refractivity (Wildman–Crippen MR) is 294 cm³/mol. The van der Waals surface area contributed by atoms with Crippen molar-refractivity contribution in [2.24, 2.45) is 17.3 Å². The van der Waals surface area contributed by atoms with Gasteiger partial charge in [-0.05, 0) is 88.0 Å². The molecule has 420 valence electrons. The van der Waals surface area contributed by atoms with Gasteiger partial charge in [-0.3, -0.25) is 29.4 Å². The van der Waals surface area contributed by atoms with E-state index in [1.807, 2.05) is 11.1 Å². The summed E-state index contributed by atoms with van der Waals surface area (Å²) in [4.78, 5) is 64.8. The number of carbonyl (C=O) groups is 3. The lowest BCUT2D eigenvalue weighted by molar-refractivity contribution is -0.171. The molecule has 19 nitrogen and oxygen atoms in total. The first-order valence-corrected chi connectivity index (χ1v) is 29.9. The number of cyclic esters (lactones) is 1. The van der Waals surface area contributed by atoms with E-state index in [2.05, 4.69) is 80.4 Å². The van der Waals surface area contributed by atoms with Crippen molar-refractivity contribution in [2.75, 3.05) is 111 Å². The van der Waals surface area contributed by atoms with Crippen molar-refractivity contribution in [3.05, 3.63) is 52.1 Å². The van der Waals surface area contributed by atoms with Crippen LogP contribution in [0.5, 0.6) is 0 Å². The molecule has 20 heteroatoms. The van der Waals surface area contributed by atoms with Crippen LogP contribution in [0.1, 0.15) is 94.1 Å². The molecule has 10 aliphatic rings. The third-order valence-electron chi connectivity index (χ3n) is 18.6. The van der Waals surface area contributed by atoms with Crippen LogP contribution in [-0.2, 0) is 51.0 Å². The van der Waals surface area contributed by atoms with Crippen molar-refractivity contribution >= 4 is 45.8 Å². The zero-order valence-electron chi connectivity index (χ0n) is 45.9. The average Bonchev–Trinajstić information content (AvgIpc) is 4.29. The minimum Gasteiger partial charge on any atom is -0.464 e. The number of fused-ring (bicyclic) bond motifs is 5. The van der Waals surface area contributed by atoms with Crippen molar-refractivity contribution in [2.45, 2.75) is 127 Å². The summed E-state index contributed by atoms with van der Waals surface area (Å²) in [6, 6.07) is 7.00. The van der Waals surface area contributed by atoms with Gasteiger partial charge in [0.25, 0.3) is 5.91 Å². The fraction of sp³-hybridized carbons (Fsp3) is 0.672. The van der Waals surface area contributed by atoms with Crippen molar-refractivity contribution in [1.29, 1.82) is 0 Å². The lowest BCUT2D eigenvalue weighted by Gasteiger charge is -2.54. The molecule has 4 aromatic rings. The number of nitrogens with zero attached hydrogens (tertiary/aromatic N) is 8. The van der Waals surface area contributed by atoms with E-state index < -0.39 is 23.5 Å². The van der Waals surface area contributed by atoms with Crippen LogP contribution in [0.2, 0.25) is 0 Å². The van der Waals surface area contributed by atoms with Gasteiger partial charge in [-0.1, -0.05) is 19.9 Å². The highest BCUT2D eigenvalue weighted by Crippen LogP contribution is 2.45. The summed E-state index contributed by atoms with van der Waals surface area (Å²) in [6.07, 6.45) is 8.82. The van der Waals surface area contributed by atoms with Crippen LogP contribution in [-0.4, -0.2) is 194 Å². The monoisotopic (exact) mass is 1090 g/mol. The molecule has 11 heterocycles. The number of aromatic nitrogens is 3. The number of morpholine rings is 1. The van der Waals surface area contributed by atoms with E-state index in [0.29, 0.717) is 91.7 Å². The molecular formula is C58H78N10O9S. The van der Waals surface area contributed by atoms with E-state index in [-0.39, 0.29) is 60.6 Å². The molecule has 7 saturated heterocycles. The molecule has 0 unspecified atom stereocenters. The van der Waals surface area contributed by atoms with E-state index in [0.717, 1.165) is 107 Å². The largest absolute Gasteiger partial charge is 0.464 e. The molecule has 3 amide bonds. The number of benzene rings is 1. The predicted octanol–water partition coefficient (Wildman–Crippen LogP) is 5.81. The van der Waals surface area contributed by atoms with Crippen molar-refractivity contribution in [1.82, 2.24) is 45.0 Å². The van der Waals surface area contributed by atoms with Gasteiger partial charge < -0.3 is 48.1 Å². The van der Waals surface area contributed by atoms with E-state index in [1.165, 1.54) is 24.2 Å². The van der Waals surface area contributed by atoms with Gasteiger partial charge in [-0.2, -0.15) is 0 Å². The molecule has 3 aromatic heterocycles. The quantitative estimate of drug-likeness (QED) is 0.172. The second-order valence-corrected chi connectivity index (χ2v) is 25.1. The summed E-state index contributed by atoms with van der Waals surface area (Å²) >= 11 is 1.51. The van der Waals surface area contributed by atoms with Gasteiger partial charge in [0.05, 0.1) is 80.3 Å². The van der Waals surface area contributed by atoms with Crippen molar-refractivity contribution < 1.29 is 42.8 Å². The fourth-order valence-electron chi connectivity index (χ4n) is 13.8. The Bertz CT molecular complexity index is 2850. The van der Waals surface area contributed by atoms with Crippen molar-refractivity contribution in [3.63, 3.8) is 0 Å². The number of methoxy groups -OCH3 is 1. The molecule has 8 bridgehead atoms. The van der Waals surface area contributed by atoms with Crippen LogP contribution in [0.4, 0.5) is 10.5 Å². The van der Waals surface area contributed by atoms with Gasteiger partial charge in [0, 0.05) is 136 Å². The fourth-order valence-corrected chi connectivity index (χ4v) is 14.8. The third kappa shape index (κ3) is 10.2. The first kappa shape index (κ1) is 52.6. The van der Waals surface area contributed by atoms with Gasteiger partial charge in [0.15, 0.2) is 0 Å². The molecule has 2 aliphatic carbocycles. The molecule has 14 rings (SSSR count). The molecule has 6 atom stereocenters. The van der Waals surface area contributed by atoms with Crippen LogP contribution in [0, 0.1) is 17.3 Å². The first-order valence-electron chi connectivity index (χ1n) is 29.0. The number of hydrogen-bond acceptors (Lipinski definition) is 16. The lowest BCUT2D eigenvalue weighted by atomic mass is 9.73. The number of esters is 1. The highest BCUT2D eigenvalue weighted by molar-refractivity contribution is 7.10. The van der Waals surface area contributed by atoms with Crippen LogP contribution < -0.4 is 15.6 Å². The van der Waals surface area contributed by atoms with E-state index in [9.17, 15) is 9.59 Å². The zero-order chi connectivity index (χ0) is 53.2. The number of carbonyl (C=O) groups excluding carboxylic acids is 3. The van der Waals surface area contributed by atoms with Crippen LogP contribution >= 0.6 is 11.3 Å². The minimum atomic E-state index is -1.03. The zero-order valence-corrected chi connectivity index (χ0v) is 46.7. The summed E-state index contributed by atoms with van der Waals surface area (Å²) in [5, 5.41) is 8.85. The molecule has 78 heavy (non-hydrogen) atoms. The number of hydrogen-bond donors (Lipinski definition) is 2. The normalized spacial score (nSPS) is 29.5. The van der Waals surface area contributed by atoms with Crippen LogP contribution in [0.25, 0.3) is 33.4 Å². The minimum absolute atomic E-state index is 0.0143. The van der Waals surface area contributed by atoms with Crippen molar-refractivity contribution in [3.8, 4) is 22.5 Å². The maximum Gasteiger partial charge on any atom is 0.325 e.